The Labute approximate surface area is 359 Å². The minimum absolute atomic E-state index is 0.0200. The number of aromatic nitrogens is 1. The Morgan fingerprint density at radius 3 is 2.33 bits per heavy atom. The lowest BCUT2D eigenvalue weighted by atomic mass is 10.0. The topological polar surface area (TPSA) is 220 Å². The number of nitrogens with zero attached hydrogens (tertiary/aromatic N) is 2. The second-order valence-corrected chi connectivity index (χ2v) is 15.0. The van der Waals surface area contributed by atoms with E-state index in [0.29, 0.717) is 22.6 Å². The van der Waals surface area contributed by atoms with Crippen molar-refractivity contribution >= 4 is 74.1 Å². The number of carbonyl (C=O) groups is 6. The number of benzene rings is 3. The molecule has 4 heterocycles. The number of nitrogens with two attached hydrogens (primary N) is 1. The molecule has 3 aromatic carbocycles. The van der Waals surface area contributed by atoms with Crippen LogP contribution in [0, 0.1) is 5.82 Å². The van der Waals surface area contributed by atoms with E-state index in [9.17, 15) is 46.3 Å². The molecule has 21 heteroatoms. The van der Waals surface area contributed by atoms with Gasteiger partial charge >= 0.3 is 6.18 Å². The molecule has 6 N–H and O–H groups in total. The van der Waals surface area contributed by atoms with Gasteiger partial charge in [-0.25, -0.2) is 9.37 Å². The van der Waals surface area contributed by atoms with E-state index in [1.165, 1.54) is 42.5 Å². The molecule has 0 radical (unpaired) electrons. The molecule has 1 unspecified atom stereocenters. The fraction of sp³-hybridized carbons (Fsp3) is 0.262. The van der Waals surface area contributed by atoms with Crippen LogP contribution in [0.4, 0.5) is 34.6 Å². The Hall–Kier alpha value is -6.97. The number of amides is 6. The fourth-order valence-electron chi connectivity index (χ4n) is 6.81. The van der Waals surface area contributed by atoms with E-state index in [1.54, 1.807) is 12.1 Å². The van der Waals surface area contributed by atoms with Crippen molar-refractivity contribution in [2.75, 3.05) is 62.5 Å². The minimum atomic E-state index is -4.84. The van der Waals surface area contributed by atoms with Gasteiger partial charge < -0.3 is 35.9 Å². The van der Waals surface area contributed by atoms with E-state index < -0.39 is 64.4 Å². The number of nitrogen functional groups attached to an aromatic ring is 1. The molecule has 1 fully saturated rings. The van der Waals surface area contributed by atoms with Crippen LogP contribution in [0.2, 0.25) is 0 Å². The lowest BCUT2D eigenvalue weighted by molar-refractivity contribution is -0.137. The Morgan fingerprint density at radius 2 is 1.63 bits per heavy atom. The molecule has 6 amide bonds. The molecule has 63 heavy (non-hydrogen) atoms. The molecule has 2 aliphatic heterocycles. The highest BCUT2D eigenvalue weighted by molar-refractivity contribution is 7.21. The third-order valence-electron chi connectivity index (χ3n) is 9.80. The summed E-state index contributed by atoms with van der Waals surface area (Å²) in [6.07, 6.45) is -4.76. The van der Waals surface area contributed by atoms with E-state index in [-0.39, 0.29) is 103 Å². The van der Waals surface area contributed by atoms with E-state index in [1.807, 2.05) is 0 Å². The van der Waals surface area contributed by atoms with Gasteiger partial charge in [-0.2, -0.15) is 13.2 Å². The molecule has 0 saturated carbocycles. The number of fused-ring (bicyclic) bond motifs is 2. The molecule has 2 aromatic heterocycles. The van der Waals surface area contributed by atoms with Gasteiger partial charge in [-0.15, -0.1) is 11.3 Å². The maximum absolute atomic E-state index is 14.3. The number of carbonyl (C=O) groups excluding carboxylic acids is 6. The first-order valence-electron chi connectivity index (χ1n) is 19.3. The number of thiophene rings is 1. The van der Waals surface area contributed by atoms with Crippen molar-refractivity contribution in [1.29, 1.82) is 0 Å². The number of ether oxygens (including phenoxy) is 3. The van der Waals surface area contributed by atoms with Gasteiger partial charge in [0.1, 0.15) is 27.3 Å². The second-order valence-electron chi connectivity index (χ2n) is 14.0. The predicted octanol–water partition coefficient (Wildman–Crippen LogP) is 5.00. The highest BCUT2D eigenvalue weighted by atomic mass is 32.1. The summed E-state index contributed by atoms with van der Waals surface area (Å²) < 4.78 is 72.7. The monoisotopic (exact) mass is 891 g/mol. The number of imide groups is 2. The number of anilines is 3. The van der Waals surface area contributed by atoms with Gasteiger partial charge in [0.05, 0.1) is 54.5 Å². The number of pyridine rings is 1. The standard InChI is InChI=1S/C42H37F4N7O9S/c43-23-6-8-24(9-7-23)50-38(57)36-35(47)34-27(42(44,45)46)20-29(51-39(34)63-36)22-4-10-25(11-5-22)62-21-32(55)49-15-17-61-19-18-60-16-14-48-28-3-1-2-26-33(28)41(59)53(40(26)58)30-12-13-31(54)52-37(30)56/h1-11,20,30,48H,12-19,21,47H2,(H,49,55)(H,50,57)(H,52,54,56). The normalized spacial score (nSPS) is 15.0. The number of hydrogen-bond acceptors (Lipinski definition) is 13. The average molecular weight is 892 g/mol. The third-order valence-corrected chi connectivity index (χ3v) is 10.9. The van der Waals surface area contributed by atoms with E-state index in [0.717, 1.165) is 23.1 Å². The molecule has 16 nitrogen and oxygen atoms in total. The molecule has 0 spiro atoms. The van der Waals surface area contributed by atoms with Crippen LogP contribution in [-0.4, -0.2) is 97.5 Å². The van der Waals surface area contributed by atoms with Crippen LogP contribution in [0.15, 0.2) is 72.8 Å². The second kappa shape index (κ2) is 19.0. The molecular formula is C42H37F4N7O9S. The molecular weight excluding hydrogens is 855 g/mol. The molecule has 0 aliphatic carbocycles. The van der Waals surface area contributed by atoms with E-state index in [2.05, 4.69) is 26.3 Å². The van der Waals surface area contributed by atoms with Gasteiger partial charge in [0.2, 0.25) is 11.8 Å². The van der Waals surface area contributed by atoms with Gasteiger partial charge in [0.25, 0.3) is 23.6 Å². The Kier molecular flexibility index (Phi) is 13.3. The molecule has 2 aliphatic rings. The molecule has 0 bridgehead atoms. The number of alkyl halides is 3. The SMILES string of the molecule is Nc1c(C(=O)Nc2ccc(F)cc2)sc2nc(-c3ccc(OCC(=O)NCCOCCOCCNc4cccc5c4C(=O)N(C4CCC(=O)NC4=O)C5=O)cc3)cc(C(F)(F)F)c12. The number of hydrogen-bond donors (Lipinski definition) is 5. The number of halogens is 4. The van der Waals surface area contributed by atoms with Crippen molar-refractivity contribution in [3.05, 3.63) is 100 Å². The first kappa shape index (κ1) is 44.1. The van der Waals surface area contributed by atoms with Crippen LogP contribution in [0.3, 0.4) is 0 Å². The van der Waals surface area contributed by atoms with Crippen LogP contribution in [0.1, 0.15) is 48.8 Å². The van der Waals surface area contributed by atoms with Crippen molar-refractivity contribution in [3.8, 4) is 17.0 Å². The van der Waals surface area contributed by atoms with Gasteiger partial charge in [-0.1, -0.05) is 6.07 Å². The fourth-order valence-corrected chi connectivity index (χ4v) is 7.82. The lowest BCUT2D eigenvalue weighted by Gasteiger charge is -2.27. The van der Waals surface area contributed by atoms with Crippen LogP contribution >= 0.6 is 11.3 Å². The molecule has 5 aromatic rings. The maximum Gasteiger partial charge on any atom is 0.417 e. The summed E-state index contributed by atoms with van der Waals surface area (Å²) in [5.74, 6) is -3.86. The first-order valence-corrected chi connectivity index (χ1v) is 20.1. The summed E-state index contributed by atoms with van der Waals surface area (Å²) in [4.78, 5) is 80.4. The van der Waals surface area contributed by atoms with Crippen LogP contribution in [0.25, 0.3) is 21.5 Å². The molecule has 1 saturated heterocycles. The Morgan fingerprint density at radius 1 is 0.921 bits per heavy atom. The average Bonchev–Trinajstić information content (AvgIpc) is 3.73. The molecule has 1 atom stereocenters. The quantitative estimate of drug-likeness (QED) is 0.0474. The summed E-state index contributed by atoms with van der Waals surface area (Å²) in [6.45, 7) is 0.945. The van der Waals surface area contributed by atoms with Gasteiger partial charge in [0, 0.05) is 41.8 Å². The van der Waals surface area contributed by atoms with Crippen molar-refractivity contribution in [3.63, 3.8) is 0 Å². The lowest BCUT2D eigenvalue weighted by Crippen LogP contribution is -2.54. The van der Waals surface area contributed by atoms with Crippen molar-refractivity contribution < 1.29 is 60.5 Å². The van der Waals surface area contributed by atoms with Crippen LogP contribution < -0.4 is 31.7 Å². The Bertz CT molecular complexity index is 2590. The van der Waals surface area contributed by atoms with Gasteiger partial charge in [-0.05, 0) is 73.2 Å². The molecule has 328 valence electrons. The highest BCUT2D eigenvalue weighted by Gasteiger charge is 2.45. The zero-order valence-electron chi connectivity index (χ0n) is 32.9. The molecule has 7 rings (SSSR count). The van der Waals surface area contributed by atoms with Gasteiger partial charge in [-0.3, -0.25) is 39.0 Å². The number of nitrogens with one attached hydrogen (secondary N) is 4. The van der Waals surface area contributed by atoms with Crippen molar-refractivity contribution in [1.82, 2.24) is 20.5 Å². The minimum Gasteiger partial charge on any atom is -0.484 e. The first-order chi connectivity index (χ1) is 30.2. The van der Waals surface area contributed by atoms with E-state index >= 15 is 0 Å². The van der Waals surface area contributed by atoms with Gasteiger partial charge in [0.15, 0.2) is 6.61 Å². The smallest absolute Gasteiger partial charge is 0.417 e. The highest BCUT2D eigenvalue weighted by Crippen LogP contribution is 2.44. The van der Waals surface area contributed by atoms with Crippen LogP contribution in [-0.2, 0) is 30.0 Å². The predicted molar refractivity (Wildman–Crippen MR) is 221 cm³/mol. The largest absolute Gasteiger partial charge is 0.484 e. The zero-order chi connectivity index (χ0) is 44.8. The van der Waals surface area contributed by atoms with E-state index in [4.69, 9.17) is 19.9 Å². The summed E-state index contributed by atoms with van der Waals surface area (Å²) in [7, 11) is 0. The van der Waals surface area contributed by atoms with Crippen molar-refractivity contribution in [2.45, 2.75) is 25.1 Å². The summed E-state index contributed by atoms with van der Waals surface area (Å²) in [6, 6.07) is 15.3. The number of rotatable bonds is 17. The number of piperidine rings is 1. The maximum atomic E-state index is 14.3. The van der Waals surface area contributed by atoms with Crippen LogP contribution in [0.5, 0.6) is 5.75 Å². The Balaban J connectivity index is 0.814. The third kappa shape index (κ3) is 10.1. The zero-order valence-corrected chi connectivity index (χ0v) is 33.8. The van der Waals surface area contributed by atoms with Crippen molar-refractivity contribution in [2.24, 2.45) is 0 Å². The summed E-state index contributed by atoms with van der Waals surface area (Å²) in [5, 5.41) is 9.98. The summed E-state index contributed by atoms with van der Waals surface area (Å²) in [5.41, 5.74) is 5.79. The summed E-state index contributed by atoms with van der Waals surface area (Å²) >= 11 is 0.687.